The van der Waals surface area contributed by atoms with Gasteiger partial charge in [0.05, 0.1) is 26.4 Å². The molecule has 2 rings (SSSR count). The second-order valence-electron chi connectivity index (χ2n) is 3.51. The number of aromatic nitrogens is 1. The Morgan fingerprint density at radius 2 is 2.00 bits per heavy atom. The number of ether oxygens (including phenoxy) is 2. The van der Waals surface area contributed by atoms with Crippen LogP contribution in [-0.2, 0) is 6.61 Å². The molecular weight excluding hydrogens is 302 g/mol. The molecule has 2 aromatic rings. The molecule has 0 aliphatic heterocycles. The number of aliphatic hydroxyl groups excluding tert-OH is 1. The molecule has 1 aromatic carbocycles. The van der Waals surface area contributed by atoms with Gasteiger partial charge in [-0.05, 0) is 34.1 Å². The van der Waals surface area contributed by atoms with Gasteiger partial charge in [0.1, 0.15) is 5.69 Å². The third-order valence-corrected chi connectivity index (χ3v) is 3.18. The van der Waals surface area contributed by atoms with E-state index in [4.69, 9.17) is 14.0 Å². The molecule has 96 valence electrons. The molecule has 0 radical (unpaired) electrons. The highest BCUT2D eigenvalue weighted by Gasteiger charge is 2.16. The Balaban J connectivity index is 2.50. The number of hydrogen-bond acceptors (Lipinski definition) is 5. The topological polar surface area (TPSA) is 64.7 Å². The largest absolute Gasteiger partial charge is 0.493 e. The summed E-state index contributed by atoms with van der Waals surface area (Å²) in [7, 11) is 3.14. The Hall–Kier alpha value is -1.53. The second kappa shape index (κ2) is 5.41. The van der Waals surface area contributed by atoms with Gasteiger partial charge in [-0.2, -0.15) is 0 Å². The summed E-state index contributed by atoms with van der Waals surface area (Å²) in [5.74, 6) is 1.23. The van der Waals surface area contributed by atoms with Crippen LogP contribution < -0.4 is 9.47 Å². The lowest BCUT2D eigenvalue weighted by atomic mass is 10.1. The van der Waals surface area contributed by atoms with Crippen LogP contribution >= 0.6 is 15.9 Å². The van der Waals surface area contributed by atoms with Crippen LogP contribution in [0.1, 0.15) is 5.56 Å². The highest BCUT2D eigenvalue weighted by Crippen LogP contribution is 2.35. The number of benzene rings is 1. The minimum atomic E-state index is -0.159. The Morgan fingerprint density at radius 1 is 1.28 bits per heavy atom. The fourth-order valence-electron chi connectivity index (χ4n) is 1.64. The van der Waals surface area contributed by atoms with Crippen molar-refractivity contribution in [2.75, 3.05) is 14.2 Å². The lowest BCUT2D eigenvalue weighted by molar-refractivity contribution is 0.278. The first-order chi connectivity index (χ1) is 8.71. The monoisotopic (exact) mass is 313 g/mol. The van der Waals surface area contributed by atoms with Crippen molar-refractivity contribution in [2.24, 2.45) is 0 Å². The Bertz CT molecular complexity index is 553. The van der Waals surface area contributed by atoms with Crippen LogP contribution in [0.3, 0.4) is 0 Å². The highest BCUT2D eigenvalue weighted by atomic mass is 79.9. The molecule has 1 heterocycles. The molecule has 0 saturated carbocycles. The van der Waals surface area contributed by atoms with Crippen LogP contribution in [0.4, 0.5) is 0 Å². The first kappa shape index (κ1) is 12.9. The molecule has 0 saturated heterocycles. The predicted octanol–water partition coefficient (Wildman–Crippen LogP) is 2.61. The van der Waals surface area contributed by atoms with Crippen molar-refractivity contribution < 1.29 is 19.1 Å². The lowest BCUT2D eigenvalue weighted by Crippen LogP contribution is -1.92. The van der Waals surface area contributed by atoms with Crippen LogP contribution in [-0.4, -0.2) is 24.5 Å². The second-order valence-corrected chi connectivity index (χ2v) is 4.23. The molecule has 0 fully saturated rings. The van der Waals surface area contributed by atoms with Gasteiger partial charge < -0.3 is 19.1 Å². The molecule has 0 bridgehead atoms. The minimum Gasteiger partial charge on any atom is -0.493 e. The zero-order chi connectivity index (χ0) is 13.1. The zero-order valence-electron chi connectivity index (χ0n) is 9.94. The van der Waals surface area contributed by atoms with Gasteiger partial charge in [0.15, 0.2) is 11.5 Å². The summed E-state index contributed by atoms with van der Waals surface area (Å²) in [6.45, 7) is -0.159. The molecule has 0 spiro atoms. The minimum absolute atomic E-state index is 0.159. The van der Waals surface area contributed by atoms with E-state index in [-0.39, 0.29) is 6.61 Å². The summed E-state index contributed by atoms with van der Waals surface area (Å²) < 4.78 is 15.8. The van der Waals surface area contributed by atoms with Crippen molar-refractivity contribution in [1.82, 2.24) is 5.16 Å². The van der Waals surface area contributed by atoms with E-state index >= 15 is 0 Å². The highest BCUT2D eigenvalue weighted by molar-refractivity contribution is 9.10. The van der Waals surface area contributed by atoms with Gasteiger partial charge in [-0.15, -0.1) is 0 Å². The van der Waals surface area contributed by atoms with E-state index in [9.17, 15) is 5.11 Å². The first-order valence-corrected chi connectivity index (χ1v) is 5.97. The fraction of sp³-hybridized carbons (Fsp3) is 0.250. The van der Waals surface area contributed by atoms with Gasteiger partial charge in [-0.1, -0.05) is 5.16 Å². The quantitative estimate of drug-likeness (QED) is 0.940. The number of halogens is 1. The van der Waals surface area contributed by atoms with Crippen LogP contribution in [0.5, 0.6) is 11.5 Å². The summed E-state index contributed by atoms with van der Waals surface area (Å²) in [6, 6.07) is 5.38. The summed E-state index contributed by atoms with van der Waals surface area (Å²) in [5, 5.41) is 13.2. The third kappa shape index (κ3) is 2.21. The number of nitrogens with zero attached hydrogens (tertiary/aromatic N) is 1. The third-order valence-electron chi connectivity index (χ3n) is 2.56. The molecule has 0 amide bonds. The Kier molecular flexibility index (Phi) is 3.88. The van der Waals surface area contributed by atoms with E-state index in [0.717, 1.165) is 5.56 Å². The van der Waals surface area contributed by atoms with E-state index in [1.165, 1.54) is 0 Å². The Labute approximate surface area is 112 Å². The first-order valence-electron chi connectivity index (χ1n) is 5.18. The van der Waals surface area contributed by atoms with Gasteiger partial charge in [0.2, 0.25) is 4.67 Å². The maximum atomic E-state index is 9.29. The van der Waals surface area contributed by atoms with Gasteiger partial charge >= 0.3 is 0 Å². The van der Waals surface area contributed by atoms with Crippen molar-refractivity contribution >= 4 is 15.9 Å². The van der Waals surface area contributed by atoms with E-state index < -0.39 is 0 Å². The van der Waals surface area contributed by atoms with Crippen molar-refractivity contribution in [2.45, 2.75) is 6.61 Å². The van der Waals surface area contributed by atoms with Crippen molar-refractivity contribution in [3.8, 4) is 22.8 Å². The number of methoxy groups -OCH3 is 2. The predicted molar refractivity (Wildman–Crippen MR) is 68.7 cm³/mol. The van der Waals surface area contributed by atoms with Crippen LogP contribution in [0.15, 0.2) is 27.4 Å². The van der Waals surface area contributed by atoms with Gasteiger partial charge in [-0.3, -0.25) is 0 Å². The molecule has 18 heavy (non-hydrogen) atoms. The van der Waals surface area contributed by atoms with Gasteiger partial charge in [-0.25, -0.2) is 0 Å². The molecule has 1 N–H and O–H groups in total. The molecule has 0 aliphatic rings. The Morgan fingerprint density at radius 3 is 2.61 bits per heavy atom. The van der Waals surface area contributed by atoms with E-state index in [1.54, 1.807) is 26.4 Å². The van der Waals surface area contributed by atoms with E-state index in [2.05, 4.69) is 21.1 Å². The van der Waals surface area contributed by atoms with Gasteiger partial charge in [0.25, 0.3) is 0 Å². The SMILES string of the molecule is COc1ccc(-c2noc(Br)c2CO)cc1OC. The molecule has 0 atom stereocenters. The van der Waals surface area contributed by atoms with E-state index in [1.807, 2.05) is 6.07 Å². The van der Waals surface area contributed by atoms with E-state index in [0.29, 0.717) is 27.4 Å². The average molecular weight is 314 g/mol. The zero-order valence-corrected chi connectivity index (χ0v) is 11.5. The maximum Gasteiger partial charge on any atom is 0.208 e. The summed E-state index contributed by atoms with van der Waals surface area (Å²) in [5.41, 5.74) is 1.96. The maximum absolute atomic E-state index is 9.29. The molecular formula is C12H12BrNO4. The lowest BCUT2D eigenvalue weighted by Gasteiger charge is -2.08. The van der Waals surface area contributed by atoms with Crippen molar-refractivity contribution in [3.63, 3.8) is 0 Å². The smallest absolute Gasteiger partial charge is 0.208 e. The average Bonchev–Trinajstić information content (AvgIpc) is 2.78. The molecule has 0 unspecified atom stereocenters. The fourth-order valence-corrected chi connectivity index (χ4v) is 2.02. The molecule has 1 aromatic heterocycles. The van der Waals surface area contributed by atoms with Crippen molar-refractivity contribution in [3.05, 3.63) is 28.4 Å². The number of aliphatic hydroxyl groups is 1. The number of rotatable bonds is 4. The molecule has 6 heteroatoms. The van der Waals surface area contributed by atoms with Gasteiger partial charge in [0, 0.05) is 5.56 Å². The summed E-state index contributed by atoms with van der Waals surface area (Å²) >= 11 is 3.19. The summed E-state index contributed by atoms with van der Waals surface area (Å²) in [4.78, 5) is 0. The van der Waals surface area contributed by atoms with Crippen LogP contribution in [0.25, 0.3) is 11.3 Å². The van der Waals surface area contributed by atoms with Crippen LogP contribution in [0, 0.1) is 0 Å². The normalized spacial score (nSPS) is 10.4. The standard InChI is InChI=1S/C12H12BrNO4/c1-16-9-4-3-7(5-10(9)17-2)11-8(6-15)12(13)18-14-11/h3-5,15H,6H2,1-2H3. The van der Waals surface area contributed by atoms with Crippen LogP contribution in [0.2, 0.25) is 0 Å². The molecule has 5 nitrogen and oxygen atoms in total. The molecule has 0 aliphatic carbocycles. The number of hydrogen-bond donors (Lipinski definition) is 1. The summed E-state index contributed by atoms with van der Waals surface area (Å²) in [6.07, 6.45) is 0. The van der Waals surface area contributed by atoms with Crippen molar-refractivity contribution in [1.29, 1.82) is 0 Å².